The van der Waals surface area contributed by atoms with Crippen molar-refractivity contribution in [2.75, 3.05) is 26.8 Å². The van der Waals surface area contributed by atoms with E-state index in [1.165, 1.54) is 0 Å². The molecule has 0 radical (unpaired) electrons. The molecule has 1 saturated carbocycles. The zero-order chi connectivity index (χ0) is 12.8. The molecule has 2 rings (SSSR count). The number of hydrogen-bond donors (Lipinski definition) is 1. The Kier molecular flexibility index (Phi) is 4.78. The van der Waals surface area contributed by atoms with Crippen LogP contribution in [0.2, 0.25) is 0 Å². The van der Waals surface area contributed by atoms with E-state index in [2.05, 4.69) is 5.32 Å². The lowest BCUT2D eigenvalue weighted by Crippen LogP contribution is -2.39. The summed E-state index contributed by atoms with van der Waals surface area (Å²) in [6, 6.07) is 4.15. The number of methoxy groups -OCH3 is 1. The molecule has 0 bridgehead atoms. The average Bonchev–Trinajstić information content (AvgIpc) is 3.08. The van der Waals surface area contributed by atoms with Crippen molar-refractivity contribution in [3.8, 4) is 0 Å². The molecule has 1 aromatic heterocycles. The van der Waals surface area contributed by atoms with Gasteiger partial charge in [-0.1, -0.05) is 0 Å². The van der Waals surface area contributed by atoms with Crippen LogP contribution in [0, 0.1) is 0 Å². The quantitative estimate of drug-likeness (QED) is 0.701. The van der Waals surface area contributed by atoms with Gasteiger partial charge in [0.2, 0.25) is 5.91 Å². The molecule has 1 fully saturated rings. The lowest BCUT2D eigenvalue weighted by atomic mass is 10.3. The van der Waals surface area contributed by atoms with Gasteiger partial charge in [0.25, 0.3) is 0 Å². The molecule has 0 aromatic carbocycles. The van der Waals surface area contributed by atoms with Crippen LogP contribution in [0.25, 0.3) is 0 Å². The normalized spacial score (nSPS) is 14.7. The monoisotopic (exact) mass is 252 g/mol. The van der Waals surface area contributed by atoms with Gasteiger partial charge in [0.1, 0.15) is 5.76 Å². The Balaban J connectivity index is 1.79. The minimum absolute atomic E-state index is 0.130. The fraction of sp³-hybridized carbons (Fsp3) is 0.615. The maximum absolute atomic E-state index is 12.1. The summed E-state index contributed by atoms with van der Waals surface area (Å²) in [6.45, 7) is 2.25. The predicted octanol–water partition coefficient (Wildman–Crippen LogP) is 1.01. The summed E-state index contributed by atoms with van der Waals surface area (Å²) >= 11 is 0. The van der Waals surface area contributed by atoms with Crippen molar-refractivity contribution in [2.45, 2.75) is 25.4 Å². The molecule has 1 aliphatic rings. The van der Waals surface area contributed by atoms with Crippen molar-refractivity contribution < 1.29 is 13.9 Å². The fourth-order valence-electron chi connectivity index (χ4n) is 1.85. The average molecular weight is 252 g/mol. The Morgan fingerprint density at radius 1 is 1.61 bits per heavy atom. The molecule has 18 heavy (non-hydrogen) atoms. The largest absolute Gasteiger partial charge is 0.467 e. The zero-order valence-corrected chi connectivity index (χ0v) is 10.7. The third-order valence-corrected chi connectivity index (χ3v) is 2.97. The highest BCUT2D eigenvalue weighted by molar-refractivity contribution is 5.78. The number of carbonyl (C=O) groups is 1. The zero-order valence-electron chi connectivity index (χ0n) is 10.7. The van der Waals surface area contributed by atoms with Gasteiger partial charge in [0.15, 0.2) is 0 Å². The Bertz CT molecular complexity index is 360. The first-order valence-electron chi connectivity index (χ1n) is 6.32. The van der Waals surface area contributed by atoms with Gasteiger partial charge in [-0.15, -0.1) is 0 Å². The highest BCUT2D eigenvalue weighted by Gasteiger charge is 2.32. The molecule has 0 saturated heterocycles. The van der Waals surface area contributed by atoms with Gasteiger partial charge >= 0.3 is 0 Å². The van der Waals surface area contributed by atoms with E-state index in [-0.39, 0.29) is 5.91 Å². The third-order valence-electron chi connectivity index (χ3n) is 2.97. The molecule has 0 aliphatic heterocycles. The van der Waals surface area contributed by atoms with Gasteiger partial charge in [-0.05, 0) is 25.0 Å². The third kappa shape index (κ3) is 3.85. The van der Waals surface area contributed by atoms with Crippen LogP contribution in [-0.4, -0.2) is 43.7 Å². The Morgan fingerprint density at radius 3 is 3.06 bits per heavy atom. The van der Waals surface area contributed by atoms with Crippen LogP contribution in [0.5, 0.6) is 0 Å². The van der Waals surface area contributed by atoms with Crippen molar-refractivity contribution in [1.82, 2.24) is 10.2 Å². The SMILES string of the molecule is COCCNCC(=O)N(Cc1ccco1)C1CC1. The smallest absolute Gasteiger partial charge is 0.237 e. The molecule has 100 valence electrons. The molecule has 1 amide bonds. The first-order chi connectivity index (χ1) is 8.81. The van der Waals surface area contributed by atoms with E-state index in [9.17, 15) is 4.79 Å². The van der Waals surface area contributed by atoms with Crippen molar-refractivity contribution in [1.29, 1.82) is 0 Å². The number of ether oxygens (including phenoxy) is 1. The van der Waals surface area contributed by atoms with Gasteiger partial charge in [-0.25, -0.2) is 0 Å². The first kappa shape index (κ1) is 13.1. The standard InChI is InChI=1S/C13H20N2O3/c1-17-8-6-14-9-13(16)15(11-4-5-11)10-12-3-2-7-18-12/h2-3,7,11,14H,4-6,8-10H2,1H3. The molecule has 0 spiro atoms. The van der Waals surface area contributed by atoms with Crippen molar-refractivity contribution in [3.63, 3.8) is 0 Å². The summed E-state index contributed by atoms with van der Waals surface area (Å²) in [7, 11) is 1.65. The van der Waals surface area contributed by atoms with Crippen LogP contribution in [0.3, 0.4) is 0 Å². The lowest BCUT2D eigenvalue weighted by Gasteiger charge is -2.21. The van der Waals surface area contributed by atoms with Gasteiger partial charge < -0.3 is 19.4 Å². The van der Waals surface area contributed by atoms with Crippen LogP contribution < -0.4 is 5.32 Å². The summed E-state index contributed by atoms with van der Waals surface area (Å²) in [4.78, 5) is 14.0. The highest BCUT2D eigenvalue weighted by atomic mass is 16.5. The summed E-state index contributed by atoms with van der Waals surface area (Å²) in [5, 5.41) is 3.08. The lowest BCUT2D eigenvalue weighted by molar-refractivity contribution is -0.131. The number of furan rings is 1. The van der Waals surface area contributed by atoms with Crippen molar-refractivity contribution in [3.05, 3.63) is 24.2 Å². The van der Waals surface area contributed by atoms with E-state index < -0.39 is 0 Å². The maximum Gasteiger partial charge on any atom is 0.237 e. The van der Waals surface area contributed by atoms with Crippen LogP contribution in [0.4, 0.5) is 0 Å². The van der Waals surface area contributed by atoms with Crippen molar-refractivity contribution >= 4 is 5.91 Å². The molecule has 0 unspecified atom stereocenters. The molecule has 0 atom stereocenters. The van der Waals surface area contributed by atoms with Crippen LogP contribution in [-0.2, 0) is 16.1 Å². The molecule has 1 N–H and O–H groups in total. The summed E-state index contributed by atoms with van der Waals surface area (Å²) in [5.74, 6) is 0.970. The van der Waals surface area contributed by atoms with Gasteiger partial charge in [0, 0.05) is 19.7 Å². The van der Waals surface area contributed by atoms with E-state index in [1.54, 1.807) is 13.4 Å². The summed E-state index contributed by atoms with van der Waals surface area (Å²) in [5.41, 5.74) is 0. The van der Waals surface area contributed by atoms with Gasteiger partial charge in [-0.2, -0.15) is 0 Å². The molecular formula is C13H20N2O3. The Morgan fingerprint density at radius 2 is 2.44 bits per heavy atom. The fourth-order valence-corrected chi connectivity index (χ4v) is 1.85. The number of amides is 1. The molecular weight excluding hydrogens is 232 g/mol. The number of hydrogen-bond acceptors (Lipinski definition) is 4. The number of carbonyl (C=O) groups excluding carboxylic acids is 1. The second-order valence-corrected chi connectivity index (χ2v) is 4.50. The van der Waals surface area contributed by atoms with E-state index in [1.807, 2.05) is 17.0 Å². The van der Waals surface area contributed by atoms with E-state index in [0.29, 0.717) is 32.3 Å². The van der Waals surface area contributed by atoms with Gasteiger partial charge in [-0.3, -0.25) is 4.79 Å². The van der Waals surface area contributed by atoms with Crippen LogP contribution in [0.1, 0.15) is 18.6 Å². The minimum Gasteiger partial charge on any atom is -0.467 e. The molecule has 5 heteroatoms. The molecule has 1 heterocycles. The highest BCUT2D eigenvalue weighted by Crippen LogP contribution is 2.28. The molecule has 5 nitrogen and oxygen atoms in total. The van der Waals surface area contributed by atoms with Crippen LogP contribution >= 0.6 is 0 Å². The van der Waals surface area contributed by atoms with Gasteiger partial charge in [0.05, 0.1) is 26.0 Å². The second-order valence-electron chi connectivity index (χ2n) is 4.50. The van der Waals surface area contributed by atoms with E-state index >= 15 is 0 Å². The predicted molar refractivity (Wildman–Crippen MR) is 67.0 cm³/mol. The molecule has 1 aliphatic carbocycles. The summed E-state index contributed by atoms with van der Waals surface area (Å²) < 4.78 is 10.2. The maximum atomic E-state index is 12.1. The topological polar surface area (TPSA) is 54.7 Å². The van der Waals surface area contributed by atoms with E-state index in [0.717, 1.165) is 18.6 Å². The second kappa shape index (κ2) is 6.56. The number of rotatable bonds is 8. The van der Waals surface area contributed by atoms with Crippen molar-refractivity contribution in [2.24, 2.45) is 0 Å². The first-order valence-corrected chi connectivity index (χ1v) is 6.32. The van der Waals surface area contributed by atoms with E-state index in [4.69, 9.17) is 9.15 Å². The number of nitrogens with zero attached hydrogens (tertiary/aromatic N) is 1. The van der Waals surface area contributed by atoms with Crippen LogP contribution in [0.15, 0.2) is 22.8 Å². The Labute approximate surface area is 107 Å². The Hall–Kier alpha value is -1.33. The minimum atomic E-state index is 0.130. The summed E-state index contributed by atoms with van der Waals surface area (Å²) in [6.07, 6.45) is 3.84. The number of nitrogens with one attached hydrogen (secondary N) is 1. The molecule has 1 aromatic rings.